The molecule has 0 amide bonds. The number of hydrogen-bond donors (Lipinski definition) is 0. The smallest absolute Gasteiger partial charge is 0.267 e. The standard InChI is InChI=1S/C36H75O4P/c1-3-5-7-9-11-13-15-17-19-21-23-25-27-29-31-33-35-39-41(37,38)40-36-34-32-30-28-26-24-22-20-18-16-14-12-10-8-6-4-2/h3-36H2,1-2H3,(H,37,38)/p-1. The molecule has 0 atom stereocenters. The van der Waals surface area contributed by atoms with Crippen LogP contribution in [-0.2, 0) is 13.6 Å². The summed E-state index contributed by atoms with van der Waals surface area (Å²) in [7, 11) is -4.12. The van der Waals surface area contributed by atoms with Crippen molar-refractivity contribution < 1.29 is 18.5 Å². The molecule has 0 aliphatic carbocycles. The fraction of sp³-hybridized carbons (Fsp3) is 1.00. The molecule has 4 nitrogen and oxygen atoms in total. The van der Waals surface area contributed by atoms with Gasteiger partial charge in [-0.3, -0.25) is 4.57 Å². The van der Waals surface area contributed by atoms with Crippen LogP contribution in [0.2, 0.25) is 0 Å². The molecular formula is C36H74O4P-. The van der Waals surface area contributed by atoms with E-state index in [4.69, 9.17) is 9.05 Å². The summed E-state index contributed by atoms with van der Waals surface area (Å²) in [4.78, 5) is 11.9. The van der Waals surface area contributed by atoms with Gasteiger partial charge in [0.1, 0.15) is 0 Å². The maximum atomic E-state index is 11.9. The monoisotopic (exact) mass is 602 g/mol. The van der Waals surface area contributed by atoms with Crippen LogP contribution in [0.1, 0.15) is 219 Å². The molecule has 0 rings (SSSR count). The van der Waals surface area contributed by atoms with E-state index in [0.29, 0.717) is 0 Å². The van der Waals surface area contributed by atoms with Gasteiger partial charge in [-0.1, -0.05) is 206 Å². The fourth-order valence-electron chi connectivity index (χ4n) is 5.69. The third-order valence-electron chi connectivity index (χ3n) is 8.49. The molecule has 0 unspecified atom stereocenters. The van der Waals surface area contributed by atoms with Gasteiger partial charge in [0.2, 0.25) is 0 Å². The summed E-state index contributed by atoms with van der Waals surface area (Å²) in [5.74, 6) is 0. The molecule has 0 aliphatic heterocycles. The highest BCUT2D eigenvalue weighted by atomic mass is 31.2. The van der Waals surface area contributed by atoms with Crippen molar-refractivity contribution >= 4 is 7.82 Å². The molecule has 5 heteroatoms. The Labute approximate surface area is 258 Å². The predicted octanol–water partition coefficient (Wildman–Crippen LogP) is 13.0. The second-order valence-corrected chi connectivity index (χ2v) is 14.1. The van der Waals surface area contributed by atoms with Crippen molar-refractivity contribution in [2.45, 2.75) is 219 Å². The van der Waals surface area contributed by atoms with Crippen molar-refractivity contribution in [1.29, 1.82) is 0 Å². The van der Waals surface area contributed by atoms with E-state index in [-0.39, 0.29) is 13.2 Å². The first-order chi connectivity index (χ1) is 20.1. The highest BCUT2D eigenvalue weighted by molar-refractivity contribution is 7.45. The molecule has 0 spiro atoms. The minimum absolute atomic E-state index is 0.262. The van der Waals surface area contributed by atoms with Gasteiger partial charge in [0.25, 0.3) is 7.82 Å². The quantitative estimate of drug-likeness (QED) is 0.0529. The van der Waals surface area contributed by atoms with Crippen LogP contribution in [0, 0.1) is 0 Å². The number of rotatable bonds is 36. The largest absolute Gasteiger partial charge is 0.756 e. The van der Waals surface area contributed by atoms with Gasteiger partial charge in [0.15, 0.2) is 0 Å². The van der Waals surface area contributed by atoms with Crippen LogP contribution >= 0.6 is 7.82 Å². The van der Waals surface area contributed by atoms with Gasteiger partial charge in [0, 0.05) is 0 Å². The minimum atomic E-state index is -4.12. The van der Waals surface area contributed by atoms with Crippen LogP contribution in [0.25, 0.3) is 0 Å². The minimum Gasteiger partial charge on any atom is -0.756 e. The molecule has 0 bridgehead atoms. The Morgan fingerprint density at radius 1 is 0.341 bits per heavy atom. The molecule has 248 valence electrons. The van der Waals surface area contributed by atoms with Gasteiger partial charge in [-0.25, -0.2) is 0 Å². The lowest BCUT2D eigenvalue weighted by Crippen LogP contribution is -2.10. The van der Waals surface area contributed by atoms with Crippen LogP contribution in [0.5, 0.6) is 0 Å². The van der Waals surface area contributed by atoms with E-state index < -0.39 is 7.82 Å². The number of unbranched alkanes of at least 4 members (excludes halogenated alkanes) is 30. The summed E-state index contributed by atoms with van der Waals surface area (Å²) in [6, 6.07) is 0. The van der Waals surface area contributed by atoms with Gasteiger partial charge >= 0.3 is 0 Å². The molecule has 0 saturated carbocycles. The Balaban J connectivity index is 3.26. The molecule has 41 heavy (non-hydrogen) atoms. The maximum Gasteiger partial charge on any atom is 0.267 e. The van der Waals surface area contributed by atoms with Gasteiger partial charge in [0.05, 0.1) is 13.2 Å². The Morgan fingerprint density at radius 3 is 0.707 bits per heavy atom. The molecular weight excluding hydrogens is 527 g/mol. The normalized spacial score (nSPS) is 12.0. The zero-order valence-electron chi connectivity index (χ0n) is 28.1. The number of phosphoric ester groups is 1. The van der Waals surface area contributed by atoms with Crippen molar-refractivity contribution in [2.75, 3.05) is 13.2 Å². The Bertz CT molecular complexity index is 486. The zero-order chi connectivity index (χ0) is 30.0. The van der Waals surface area contributed by atoms with Crippen molar-refractivity contribution in [1.82, 2.24) is 0 Å². The molecule has 0 saturated heterocycles. The average Bonchev–Trinajstić information content (AvgIpc) is 2.96. The lowest BCUT2D eigenvalue weighted by atomic mass is 10.0. The summed E-state index contributed by atoms with van der Waals surface area (Å²) in [6.07, 6.45) is 41.9. The molecule has 0 aromatic heterocycles. The molecule has 0 aromatic rings. The highest BCUT2D eigenvalue weighted by Gasteiger charge is 2.08. The molecule has 0 radical (unpaired) electrons. The van der Waals surface area contributed by atoms with Crippen molar-refractivity contribution in [3.05, 3.63) is 0 Å². The second kappa shape index (κ2) is 34.6. The van der Waals surface area contributed by atoms with Crippen molar-refractivity contribution in [2.24, 2.45) is 0 Å². The Morgan fingerprint density at radius 2 is 0.512 bits per heavy atom. The van der Waals surface area contributed by atoms with E-state index in [1.54, 1.807) is 0 Å². The van der Waals surface area contributed by atoms with E-state index in [0.717, 1.165) is 25.7 Å². The lowest BCUT2D eigenvalue weighted by molar-refractivity contribution is -0.225. The van der Waals surface area contributed by atoms with E-state index in [1.165, 1.54) is 180 Å². The van der Waals surface area contributed by atoms with Crippen molar-refractivity contribution in [3.63, 3.8) is 0 Å². The fourth-order valence-corrected chi connectivity index (χ4v) is 6.47. The third kappa shape index (κ3) is 36.2. The van der Waals surface area contributed by atoms with Gasteiger partial charge in [-0.05, 0) is 12.8 Å². The van der Waals surface area contributed by atoms with Gasteiger partial charge in [-0.15, -0.1) is 0 Å². The summed E-state index contributed by atoms with van der Waals surface area (Å²) in [5, 5.41) is 0. The van der Waals surface area contributed by atoms with E-state index in [1.807, 2.05) is 0 Å². The Kier molecular flexibility index (Phi) is 34.7. The number of phosphoric acid groups is 1. The summed E-state index contributed by atoms with van der Waals surface area (Å²) < 4.78 is 22.0. The van der Waals surface area contributed by atoms with Crippen LogP contribution < -0.4 is 4.89 Å². The van der Waals surface area contributed by atoms with Crippen LogP contribution in [0.15, 0.2) is 0 Å². The summed E-state index contributed by atoms with van der Waals surface area (Å²) >= 11 is 0. The van der Waals surface area contributed by atoms with Crippen molar-refractivity contribution in [3.8, 4) is 0 Å². The summed E-state index contributed by atoms with van der Waals surface area (Å²) in [6.45, 7) is 5.08. The Hall–Kier alpha value is 0.110. The van der Waals surface area contributed by atoms with Crippen LogP contribution in [0.3, 0.4) is 0 Å². The lowest BCUT2D eigenvalue weighted by Gasteiger charge is -2.22. The van der Waals surface area contributed by atoms with Crippen LogP contribution in [0.4, 0.5) is 0 Å². The molecule has 0 N–H and O–H groups in total. The predicted molar refractivity (Wildman–Crippen MR) is 179 cm³/mol. The average molecular weight is 602 g/mol. The molecule has 0 aromatic carbocycles. The van der Waals surface area contributed by atoms with E-state index in [2.05, 4.69) is 13.8 Å². The molecule has 0 aliphatic rings. The van der Waals surface area contributed by atoms with E-state index >= 15 is 0 Å². The maximum absolute atomic E-state index is 11.9. The first-order valence-electron chi connectivity index (χ1n) is 18.7. The zero-order valence-corrected chi connectivity index (χ0v) is 29.0. The third-order valence-corrected chi connectivity index (χ3v) is 9.49. The first-order valence-corrected chi connectivity index (χ1v) is 20.2. The SMILES string of the molecule is CCCCCCCCCCCCCCCCCCOP(=O)([O-])OCCCCCCCCCCCCCCCCCC. The molecule has 0 fully saturated rings. The number of hydrogen-bond acceptors (Lipinski definition) is 4. The molecule has 0 heterocycles. The van der Waals surface area contributed by atoms with Gasteiger partial charge in [-0.2, -0.15) is 0 Å². The van der Waals surface area contributed by atoms with E-state index in [9.17, 15) is 9.46 Å². The summed E-state index contributed by atoms with van der Waals surface area (Å²) in [5.41, 5.74) is 0. The van der Waals surface area contributed by atoms with Gasteiger partial charge < -0.3 is 13.9 Å². The highest BCUT2D eigenvalue weighted by Crippen LogP contribution is 2.38. The van der Waals surface area contributed by atoms with Crippen LogP contribution in [-0.4, -0.2) is 13.2 Å². The second-order valence-electron chi connectivity index (χ2n) is 12.7. The first kappa shape index (κ1) is 41.1. The topological polar surface area (TPSA) is 58.6 Å².